The summed E-state index contributed by atoms with van der Waals surface area (Å²) in [5, 5.41) is 14.3. The molecule has 0 aromatic heterocycles. The first-order valence-corrected chi connectivity index (χ1v) is 3.12. The second-order valence-corrected chi connectivity index (χ2v) is 1.07. The molecule has 0 amide bonds. The van der Waals surface area contributed by atoms with Crippen LogP contribution in [0, 0.1) is 11.3 Å². The predicted octanol–water partition coefficient (Wildman–Crippen LogP) is -1.33. The molecule has 0 heterocycles. The Kier molecular flexibility index (Phi) is 87.5. The summed E-state index contributed by atoms with van der Waals surface area (Å²) in [5.41, 5.74) is 0. The van der Waals surface area contributed by atoms with E-state index in [0.29, 0.717) is 0 Å². The van der Waals surface area contributed by atoms with Gasteiger partial charge in [0.1, 0.15) is 0 Å². The van der Waals surface area contributed by atoms with E-state index in [1.54, 1.807) is 6.07 Å². The molecule has 0 saturated carbocycles. The van der Waals surface area contributed by atoms with Gasteiger partial charge in [-0.3, -0.25) is 4.57 Å². The number of nitrogens with zero attached hydrogens (tertiary/aromatic N) is 1. The molecule has 0 aliphatic carbocycles. The summed E-state index contributed by atoms with van der Waals surface area (Å²) in [6, 6.07) is 1.75. The van der Waals surface area contributed by atoms with Gasteiger partial charge >= 0.3 is 8.25 Å². The first kappa shape index (κ1) is 22.7. The maximum atomic E-state index is 8.74. The molecular formula is C3H12NO5P. The lowest BCUT2D eigenvalue weighted by atomic mass is 11.0. The average Bonchev–Trinajstić information content (AvgIpc) is 1.71. The molecule has 0 radical (unpaired) electrons. The number of aliphatic hydroxyl groups excluding tert-OH is 1. The quantitative estimate of drug-likeness (QED) is 0.390. The van der Waals surface area contributed by atoms with Crippen LogP contribution in [0.5, 0.6) is 0 Å². The molecule has 0 aromatic rings. The molecule has 5 N–H and O–H groups in total. The van der Waals surface area contributed by atoms with E-state index >= 15 is 0 Å². The van der Waals surface area contributed by atoms with Gasteiger partial charge in [0.25, 0.3) is 0 Å². The molecular weight excluding hydrogens is 161 g/mol. The smallest absolute Gasteiger partial charge is 0.314 e. The molecule has 0 aromatic carbocycles. The van der Waals surface area contributed by atoms with Crippen molar-refractivity contribution in [3.63, 3.8) is 0 Å². The number of nitriles is 1. The molecule has 0 fully saturated rings. The number of rotatable bonds is 0. The van der Waals surface area contributed by atoms with Crippen molar-refractivity contribution in [3.8, 4) is 6.07 Å². The van der Waals surface area contributed by atoms with E-state index in [2.05, 4.69) is 0 Å². The highest BCUT2D eigenvalue weighted by Gasteiger charge is 1.61. The van der Waals surface area contributed by atoms with Crippen LogP contribution >= 0.6 is 8.25 Å². The maximum absolute atomic E-state index is 8.74. The van der Waals surface area contributed by atoms with Gasteiger partial charge in [-0.1, -0.05) is 0 Å². The monoisotopic (exact) mass is 173 g/mol. The molecule has 7 heteroatoms. The van der Waals surface area contributed by atoms with Crippen molar-refractivity contribution in [2.24, 2.45) is 0 Å². The third-order valence-electron chi connectivity index (χ3n) is 0. The van der Waals surface area contributed by atoms with Crippen molar-refractivity contribution >= 4 is 8.25 Å². The fraction of sp³-hybridized carbons (Fsp3) is 0.667. The van der Waals surface area contributed by atoms with Gasteiger partial charge in [-0.25, -0.2) is 0 Å². The van der Waals surface area contributed by atoms with Crippen LogP contribution in [-0.2, 0) is 4.57 Å². The van der Waals surface area contributed by atoms with Crippen LogP contribution in [0.3, 0.4) is 0 Å². The van der Waals surface area contributed by atoms with Crippen molar-refractivity contribution < 1.29 is 24.9 Å². The number of hydrogen-bond donors (Lipinski definition) is 3. The van der Waals surface area contributed by atoms with E-state index in [4.69, 9.17) is 24.7 Å². The minimum Gasteiger partial charge on any atom is -0.412 e. The van der Waals surface area contributed by atoms with Crippen molar-refractivity contribution in [2.75, 3.05) is 7.11 Å². The summed E-state index contributed by atoms with van der Waals surface area (Å²) in [5.74, 6) is 0. The van der Waals surface area contributed by atoms with Crippen LogP contribution in [0.1, 0.15) is 6.92 Å². The third kappa shape index (κ3) is 1680. The molecule has 0 saturated heterocycles. The zero-order valence-electron chi connectivity index (χ0n) is 5.70. The highest BCUT2D eigenvalue weighted by Crippen LogP contribution is 1.98. The zero-order chi connectivity index (χ0) is 8.28. The van der Waals surface area contributed by atoms with Crippen LogP contribution in [0.15, 0.2) is 0 Å². The fourth-order valence-corrected chi connectivity index (χ4v) is 0. The van der Waals surface area contributed by atoms with Gasteiger partial charge in [-0.2, -0.15) is 5.26 Å². The van der Waals surface area contributed by atoms with Crippen molar-refractivity contribution in [3.05, 3.63) is 0 Å². The van der Waals surface area contributed by atoms with E-state index in [9.17, 15) is 0 Å². The SMILES string of the molecule is CC#N.CO.O.O=[PH](O)O. The third-order valence-corrected chi connectivity index (χ3v) is 0. The van der Waals surface area contributed by atoms with Crippen LogP contribution in [0.4, 0.5) is 0 Å². The summed E-state index contributed by atoms with van der Waals surface area (Å²) in [4.78, 5) is 14.3. The van der Waals surface area contributed by atoms with E-state index in [1.807, 2.05) is 0 Å². The second-order valence-electron chi connectivity index (χ2n) is 0.506. The lowest BCUT2D eigenvalue weighted by Gasteiger charge is -1.61. The van der Waals surface area contributed by atoms with E-state index in [0.717, 1.165) is 7.11 Å². The topological polar surface area (TPSA) is 133 Å². The Balaban J connectivity index is -0.0000000273. The van der Waals surface area contributed by atoms with Crippen LogP contribution < -0.4 is 0 Å². The molecule has 10 heavy (non-hydrogen) atoms. The minimum atomic E-state index is -3.13. The summed E-state index contributed by atoms with van der Waals surface area (Å²) in [7, 11) is -2.13. The average molecular weight is 173 g/mol. The highest BCUT2D eigenvalue weighted by molar-refractivity contribution is 7.30. The molecule has 0 aliphatic heterocycles. The van der Waals surface area contributed by atoms with Gasteiger partial charge in [0, 0.05) is 14.0 Å². The summed E-state index contributed by atoms with van der Waals surface area (Å²) >= 11 is 0. The van der Waals surface area contributed by atoms with Gasteiger partial charge < -0.3 is 20.4 Å². The molecule has 0 rings (SSSR count). The Morgan fingerprint density at radius 1 is 1.40 bits per heavy atom. The molecule has 64 valence electrons. The van der Waals surface area contributed by atoms with Crippen LogP contribution in [0.2, 0.25) is 0 Å². The van der Waals surface area contributed by atoms with Crippen LogP contribution in [-0.4, -0.2) is 27.5 Å². The van der Waals surface area contributed by atoms with Gasteiger partial charge in [0.15, 0.2) is 0 Å². The Labute approximate surface area is 59.6 Å². The Bertz CT molecular complexity index is 85.4. The largest absolute Gasteiger partial charge is 0.412 e. The number of aliphatic hydroxyl groups is 1. The van der Waals surface area contributed by atoms with E-state index in [-0.39, 0.29) is 5.48 Å². The first-order chi connectivity index (χ1) is 4.15. The molecule has 6 nitrogen and oxygen atoms in total. The Morgan fingerprint density at radius 2 is 1.40 bits per heavy atom. The molecule has 0 aliphatic rings. The molecule has 0 spiro atoms. The van der Waals surface area contributed by atoms with Crippen molar-refractivity contribution in [1.82, 2.24) is 0 Å². The van der Waals surface area contributed by atoms with Gasteiger partial charge in [0.2, 0.25) is 0 Å². The van der Waals surface area contributed by atoms with Crippen LogP contribution in [0.25, 0.3) is 0 Å². The molecule has 0 atom stereocenters. The lowest BCUT2D eigenvalue weighted by molar-refractivity contribution is 0.399. The number of hydrogen-bond acceptors (Lipinski definition) is 3. The van der Waals surface area contributed by atoms with E-state index < -0.39 is 8.25 Å². The minimum absolute atomic E-state index is 0. The second kappa shape index (κ2) is 38.6. The molecule has 0 unspecified atom stereocenters. The summed E-state index contributed by atoms with van der Waals surface area (Å²) in [6.45, 7) is 1.43. The summed E-state index contributed by atoms with van der Waals surface area (Å²) < 4.78 is 8.74. The lowest BCUT2D eigenvalue weighted by Crippen LogP contribution is -1.38. The maximum Gasteiger partial charge on any atom is 0.314 e. The standard InChI is InChI=1S/C2H3N.CH4O.H3O3P.H2O/c1-2-3;1-2;1-4(2)3;/h1H3;2H,1H3;4H,(H2,1,2,3);1H2. The van der Waals surface area contributed by atoms with Crippen molar-refractivity contribution in [1.29, 1.82) is 5.26 Å². The fourth-order valence-electron chi connectivity index (χ4n) is 0. The summed E-state index contributed by atoms with van der Waals surface area (Å²) in [6.07, 6.45) is 0. The van der Waals surface area contributed by atoms with Gasteiger partial charge in [0.05, 0.1) is 6.07 Å². The zero-order valence-corrected chi connectivity index (χ0v) is 6.70. The van der Waals surface area contributed by atoms with Gasteiger partial charge in [-0.05, 0) is 0 Å². The highest BCUT2D eigenvalue weighted by atomic mass is 31.1. The normalized spacial score (nSPS) is 4.90. The first-order valence-electron chi connectivity index (χ1n) is 1.82. The van der Waals surface area contributed by atoms with E-state index in [1.165, 1.54) is 6.92 Å². The Hall–Kier alpha value is -0.440. The molecule has 0 bridgehead atoms. The van der Waals surface area contributed by atoms with Crippen molar-refractivity contribution in [2.45, 2.75) is 6.92 Å². The van der Waals surface area contributed by atoms with Gasteiger partial charge in [-0.15, -0.1) is 0 Å². The predicted molar refractivity (Wildman–Crippen MR) is 36.5 cm³/mol. The Morgan fingerprint density at radius 3 is 1.40 bits per heavy atom.